The molecule has 0 spiro atoms. The van der Waals surface area contributed by atoms with E-state index in [1.807, 2.05) is 0 Å². The number of hydrogen-bond donors (Lipinski definition) is 3. The summed E-state index contributed by atoms with van der Waals surface area (Å²) in [7, 11) is 0. The summed E-state index contributed by atoms with van der Waals surface area (Å²) < 4.78 is 40.6. The first-order valence-electron chi connectivity index (χ1n) is 9.96. The SMILES string of the molecule is O=C1CCC(N2C(=O)c3cccc(CNCC4(C(F)(F)F)CCNC4)c3C2=O)C(=O)N1. The highest BCUT2D eigenvalue weighted by Gasteiger charge is 2.55. The van der Waals surface area contributed by atoms with Gasteiger partial charge < -0.3 is 10.6 Å². The van der Waals surface area contributed by atoms with Crippen molar-refractivity contribution in [2.75, 3.05) is 19.6 Å². The lowest BCUT2D eigenvalue weighted by Crippen LogP contribution is -2.54. The Morgan fingerprint density at radius 1 is 1.16 bits per heavy atom. The predicted molar refractivity (Wildman–Crippen MR) is 101 cm³/mol. The molecule has 0 saturated carbocycles. The highest BCUT2D eigenvalue weighted by Crippen LogP contribution is 2.42. The zero-order chi connectivity index (χ0) is 22.4. The number of hydrogen-bond acceptors (Lipinski definition) is 6. The minimum Gasteiger partial charge on any atom is -0.316 e. The third-order valence-corrected chi connectivity index (χ3v) is 6.18. The van der Waals surface area contributed by atoms with E-state index in [2.05, 4.69) is 16.0 Å². The number of halogens is 3. The van der Waals surface area contributed by atoms with Gasteiger partial charge in [-0.25, -0.2) is 0 Å². The van der Waals surface area contributed by atoms with Crippen LogP contribution >= 0.6 is 0 Å². The van der Waals surface area contributed by atoms with Crippen LogP contribution in [0.3, 0.4) is 0 Å². The van der Waals surface area contributed by atoms with E-state index in [9.17, 15) is 32.3 Å². The first-order chi connectivity index (χ1) is 14.6. The second-order valence-corrected chi connectivity index (χ2v) is 8.10. The number of carbonyl (C=O) groups excluding carboxylic acids is 4. The molecule has 8 nitrogen and oxygen atoms in total. The Morgan fingerprint density at radius 2 is 1.94 bits per heavy atom. The van der Waals surface area contributed by atoms with Crippen LogP contribution < -0.4 is 16.0 Å². The normalized spacial score (nSPS) is 26.4. The van der Waals surface area contributed by atoms with E-state index in [1.165, 1.54) is 6.07 Å². The number of amides is 4. The number of piperidine rings is 1. The summed E-state index contributed by atoms with van der Waals surface area (Å²) in [5.41, 5.74) is -1.32. The zero-order valence-electron chi connectivity index (χ0n) is 16.5. The maximum Gasteiger partial charge on any atom is 0.396 e. The van der Waals surface area contributed by atoms with Crippen molar-refractivity contribution in [1.29, 1.82) is 0 Å². The quantitative estimate of drug-likeness (QED) is 0.585. The van der Waals surface area contributed by atoms with Crippen LogP contribution in [0.2, 0.25) is 0 Å². The summed E-state index contributed by atoms with van der Waals surface area (Å²) in [5.74, 6) is -2.52. The largest absolute Gasteiger partial charge is 0.396 e. The van der Waals surface area contributed by atoms with Gasteiger partial charge >= 0.3 is 6.18 Å². The van der Waals surface area contributed by atoms with Crippen molar-refractivity contribution >= 4 is 23.6 Å². The topological polar surface area (TPSA) is 108 Å². The van der Waals surface area contributed by atoms with Crippen molar-refractivity contribution < 1.29 is 32.3 Å². The minimum absolute atomic E-state index is 0.00574. The summed E-state index contributed by atoms with van der Waals surface area (Å²) in [6, 6.07) is 3.47. The van der Waals surface area contributed by atoms with E-state index in [0.717, 1.165) is 4.90 Å². The molecule has 3 N–H and O–H groups in total. The van der Waals surface area contributed by atoms with Gasteiger partial charge in [0.25, 0.3) is 11.8 Å². The Bertz CT molecular complexity index is 956. The number of carbonyl (C=O) groups is 4. The molecular weight excluding hydrogens is 417 g/mol. The standard InChI is InChI=1S/C20H21F3N4O4/c21-20(22,23)19(6-7-24-9-19)10-25-8-11-2-1-3-12-15(11)18(31)27(17(12)30)13-4-5-14(28)26-16(13)29/h1-3,13,24-25H,4-10H2,(H,26,28,29). The highest BCUT2D eigenvalue weighted by molar-refractivity contribution is 6.24. The van der Waals surface area contributed by atoms with E-state index < -0.39 is 41.3 Å². The summed E-state index contributed by atoms with van der Waals surface area (Å²) in [4.78, 5) is 50.2. The molecule has 3 aliphatic heterocycles. The lowest BCUT2D eigenvalue weighted by atomic mass is 9.86. The lowest BCUT2D eigenvalue weighted by molar-refractivity contribution is -0.215. The highest BCUT2D eigenvalue weighted by atomic mass is 19.4. The Hall–Kier alpha value is -2.79. The molecule has 3 heterocycles. The zero-order valence-corrected chi connectivity index (χ0v) is 16.5. The van der Waals surface area contributed by atoms with Gasteiger partial charge in [-0.1, -0.05) is 12.1 Å². The molecular formula is C20H21F3N4O4. The molecule has 166 valence electrons. The summed E-state index contributed by atoms with van der Waals surface area (Å²) in [5, 5.41) is 7.67. The molecule has 0 radical (unpaired) electrons. The molecule has 11 heteroatoms. The Labute approximate surface area is 175 Å². The van der Waals surface area contributed by atoms with Crippen LogP contribution in [-0.4, -0.2) is 60.4 Å². The average Bonchev–Trinajstić information content (AvgIpc) is 3.28. The first-order valence-corrected chi connectivity index (χ1v) is 9.96. The lowest BCUT2D eigenvalue weighted by Gasteiger charge is -2.31. The number of benzene rings is 1. The molecule has 0 bridgehead atoms. The molecule has 4 amide bonds. The molecule has 2 fully saturated rings. The number of nitrogens with one attached hydrogen (secondary N) is 3. The predicted octanol–water partition coefficient (Wildman–Crippen LogP) is 0.719. The number of alkyl halides is 3. The van der Waals surface area contributed by atoms with Crippen LogP contribution in [0, 0.1) is 5.41 Å². The van der Waals surface area contributed by atoms with Gasteiger partial charge in [0.15, 0.2) is 0 Å². The number of imide groups is 2. The maximum absolute atomic E-state index is 13.5. The third-order valence-electron chi connectivity index (χ3n) is 6.18. The smallest absolute Gasteiger partial charge is 0.316 e. The van der Waals surface area contributed by atoms with Gasteiger partial charge in [-0.05, 0) is 31.0 Å². The minimum atomic E-state index is -4.38. The van der Waals surface area contributed by atoms with E-state index in [1.54, 1.807) is 12.1 Å². The van der Waals surface area contributed by atoms with Crippen molar-refractivity contribution in [3.05, 3.63) is 34.9 Å². The van der Waals surface area contributed by atoms with Crippen molar-refractivity contribution in [3.8, 4) is 0 Å². The van der Waals surface area contributed by atoms with Gasteiger partial charge in [0.2, 0.25) is 11.8 Å². The Balaban J connectivity index is 1.53. The monoisotopic (exact) mass is 438 g/mol. The molecule has 0 aliphatic carbocycles. The molecule has 31 heavy (non-hydrogen) atoms. The van der Waals surface area contributed by atoms with Crippen LogP contribution in [0.4, 0.5) is 13.2 Å². The van der Waals surface area contributed by atoms with Gasteiger partial charge in [-0.3, -0.25) is 29.4 Å². The number of nitrogens with zero attached hydrogens (tertiary/aromatic N) is 1. The van der Waals surface area contributed by atoms with Crippen molar-refractivity contribution in [1.82, 2.24) is 20.9 Å². The van der Waals surface area contributed by atoms with Crippen LogP contribution in [0.1, 0.15) is 45.5 Å². The van der Waals surface area contributed by atoms with Crippen molar-refractivity contribution in [2.24, 2.45) is 5.41 Å². The maximum atomic E-state index is 13.5. The molecule has 3 aliphatic rings. The van der Waals surface area contributed by atoms with Crippen LogP contribution in [-0.2, 0) is 16.1 Å². The third kappa shape index (κ3) is 3.61. The fraction of sp³-hybridized carbons (Fsp3) is 0.500. The van der Waals surface area contributed by atoms with E-state index >= 15 is 0 Å². The van der Waals surface area contributed by atoms with Crippen LogP contribution in [0.5, 0.6) is 0 Å². The Kier molecular flexibility index (Phi) is 5.34. The number of fused-ring (bicyclic) bond motifs is 1. The Morgan fingerprint density at radius 3 is 2.58 bits per heavy atom. The summed E-state index contributed by atoms with van der Waals surface area (Å²) in [6.45, 7) is -0.275. The van der Waals surface area contributed by atoms with E-state index in [0.29, 0.717) is 5.56 Å². The number of rotatable bonds is 5. The molecule has 2 saturated heterocycles. The first kappa shape index (κ1) is 21.4. The van der Waals surface area contributed by atoms with Gasteiger partial charge in [-0.15, -0.1) is 0 Å². The van der Waals surface area contributed by atoms with Gasteiger partial charge in [0.05, 0.1) is 16.5 Å². The second kappa shape index (κ2) is 7.72. The van der Waals surface area contributed by atoms with Crippen molar-refractivity contribution in [2.45, 2.75) is 38.0 Å². The van der Waals surface area contributed by atoms with E-state index in [4.69, 9.17) is 0 Å². The summed E-state index contributed by atoms with van der Waals surface area (Å²) in [6.07, 6.45) is -4.38. The molecule has 0 aromatic heterocycles. The van der Waals surface area contributed by atoms with Gasteiger partial charge in [0, 0.05) is 26.1 Å². The molecule has 4 rings (SSSR count). The fourth-order valence-corrected chi connectivity index (χ4v) is 4.41. The van der Waals surface area contributed by atoms with E-state index in [-0.39, 0.29) is 56.6 Å². The van der Waals surface area contributed by atoms with Gasteiger partial charge in [-0.2, -0.15) is 13.2 Å². The molecule has 1 aromatic rings. The van der Waals surface area contributed by atoms with Gasteiger partial charge in [0.1, 0.15) is 6.04 Å². The van der Waals surface area contributed by atoms with Crippen LogP contribution in [0.15, 0.2) is 18.2 Å². The van der Waals surface area contributed by atoms with Crippen molar-refractivity contribution in [3.63, 3.8) is 0 Å². The summed E-state index contributed by atoms with van der Waals surface area (Å²) >= 11 is 0. The molecule has 2 unspecified atom stereocenters. The molecule has 2 atom stereocenters. The van der Waals surface area contributed by atoms with Crippen LogP contribution in [0.25, 0.3) is 0 Å². The second-order valence-electron chi connectivity index (χ2n) is 8.10. The fourth-order valence-electron chi connectivity index (χ4n) is 4.41. The molecule has 1 aromatic carbocycles. The average molecular weight is 438 g/mol.